The molecule has 0 spiro atoms. The number of aliphatic hydroxyl groups is 2. The fraction of sp³-hybridized carbons (Fsp3) is 0.625. The van der Waals surface area contributed by atoms with Gasteiger partial charge in [-0.15, -0.1) is 0 Å². The van der Waals surface area contributed by atoms with Crippen molar-refractivity contribution in [1.29, 1.82) is 0 Å². The number of hydrogen-bond donors (Lipinski definition) is 4. The minimum atomic E-state index is -1.35. The van der Waals surface area contributed by atoms with Gasteiger partial charge in [0, 0.05) is 12.1 Å². The predicted octanol–water partition coefficient (Wildman–Crippen LogP) is -0.0482. The van der Waals surface area contributed by atoms with Gasteiger partial charge in [-0.1, -0.05) is 0 Å². The maximum Gasteiger partial charge on any atom is 0.252 e. The monoisotopic (exact) mass is 394 g/mol. The summed E-state index contributed by atoms with van der Waals surface area (Å²) < 4.78 is 7.16. The van der Waals surface area contributed by atoms with E-state index >= 15 is 0 Å². The van der Waals surface area contributed by atoms with E-state index in [0.29, 0.717) is 23.0 Å². The smallest absolute Gasteiger partial charge is 0.252 e. The Bertz CT molecular complexity index is 898. The highest BCUT2D eigenvalue weighted by atomic mass is 35.5. The topological polar surface area (TPSA) is 134 Å². The predicted molar refractivity (Wildman–Crippen MR) is 94.1 cm³/mol. The zero-order valence-corrected chi connectivity index (χ0v) is 15.0. The molecule has 4 N–H and O–H groups in total. The summed E-state index contributed by atoms with van der Waals surface area (Å²) in [4.78, 5) is 25.0. The van der Waals surface area contributed by atoms with Crippen molar-refractivity contribution in [1.82, 2.24) is 24.8 Å². The summed E-state index contributed by atoms with van der Waals surface area (Å²) in [5.41, 5.74) is 0.847. The molecule has 1 saturated heterocycles. The zero-order chi connectivity index (χ0) is 18.7. The number of fused-ring (bicyclic) bond motifs is 1. The van der Waals surface area contributed by atoms with Crippen LogP contribution in [0, 0.1) is 0 Å². The van der Waals surface area contributed by atoms with Crippen molar-refractivity contribution in [2.24, 2.45) is 0 Å². The van der Waals surface area contributed by atoms with Crippen LogP contribution in [0.5, 0.6) is 0 Å². The van der Waals surface area contributed by atoms with Crippen LogP contribution in [-0.4, -0.2) is 66.0 Å². The molecule has 11 heteroatoms. The van der Waals surface area contributed by atoms with Crippen molar-refractivity contribution < 1.29 is 19.7 Å². The summed E-state index contributed by atoms with van der Waals surface area (Å²) in [6.45, 7) is 0. The molecule has 1 amide bonds. The lowest BCUT2D eigenvalue weighted by molar-refractivity contribution is -0.137. The maximum atomic E-state index is 12.3. The first-order valence-corrected chi connectivity index (χ1v) is 9.37. The van der Waals surface area contributed by atoms with E-state index in [1.54, 1.807) is 0 Å². The summed E-state index contributed by atoms with van der Waals surface area (Å²) in [5, 5.41) is 26.8. The number of ether oxygens (including phenoxy) is 1. The first-order valence-electron chi connectivity index (χ1n) is 9.00. The van der Waals surface area contributed by atoms with Crippen LogP contribution < -0.4 is 10.6 Å². The average molecular weight is 395 g/mol. The first kappa shape index (κ1) is 17.1. The second kappa shape index (κ2) is 6.26. The van der Waals surface area contributed by atoms with E-state index in [1.165, 1.54) is 10.9 Å². The van der Waals surface area contributed by atoms with Crippen LogP contribution in [0.25, 0.3) is 11.2 Å². The van der Waals surface area contributed by atoms with Crippen LogP contribution in [0.4, 0.5) is 5.82 Å². The van der Waals surface area contributed by atoms with E-state index in [0.717, 1.165) is 25.7 Å². The van der Waals surface area contributed by atoms with E-state index in [2.05, 4.69) is 25.6 Å². The zero-order valence-electron chi connectivity index (χ0n) is 14.2. The molecule has 0 unspecified atom stereocenters. The Labute approximate surface area is 158 Å². The summed E-state index contributed by atoms with van der Waals surface area (Å²) in [6.07, 6.45) is 0.534. The third-order valence-corrected chi connectivity index (χ3v) is 5.18. The molecule has 0 radical (unpaired) electrons. The standard InChI is InChI=1S/C16H19ClN6O4/c17-16-21-12(19-6-1-2-6)8-13(22-16)23(5-18-8)15-10(25)9(24)11(27-15)14(26)20-7-3-4-7/h5-7,9-11,15,24-25H,1-4H2,(H,20,26)(H,19,21,22)/t9-,10+,11-,15+/m0/s1. The Hall–Kier alpha value is -2.01. The van der Waals surface area contributed by atoms with Gasteiger partial charge in [0.15, 0.2) is 29.3 Å². The number of carbonyl (C=O) groups excluding carboxylic acids is 1. The maximum absolute atomic E-state index is 12.3. The van der Waals surface area contributed by atoms with E-state index in [1.807, 2.05) is 0 Å². The van der Waals surface area contributed by atoms with Crippen LogP contribution in [-0.2, 0) is 9.53 Å². The van der Waals surface area contributed by atoms with Gasteiger partial charge in [0.1, 0.15) is 12.2 Å². The molecular weight excluding hydrogens is 376 g/mol. The lowest BCUT2D eigenvalue weighted by atomic mass is 10.1. The van der Waals surface area contributed by atoms with Gasteiger partial charge < -0.3 is 25.6 Å². The molecule has 1 aliphatic heterocycles. The van der Waals surface area contributed by atoms with E-state index < -0.39 is 30.4 Å². The molecule has 27 heavy (non-hydrogen) atoms. The quantitative estimate of drug-likeness (QED) is 0.518. The molecule has 10 nitrogen and oxygen atoms in total. The normalized spacial score (nSPS) is 30.6. The molecule has 5 rings (SSSR count). The molecule has 0 bridgehead atoms. The van der Waals surface area contributed by atoms with E-state index in [9.17, 15) is 15.0 Å². The number of anilines is 1. The van der Waals surface area contributed by atoms with Gasteiger partial charge in [0.25, 0.3) is 5.91 Å². The summed E-state index contributed by atoms with van der Waals surface area (Å²) in [6, 6.07) is 0.469. The molecule has 2 aliphatic carbocycles. The number of aromatic nitrogens is 4. The van der Waals surface area contributed by atoms with Crippen molar-refractivity contribution in [3.63, 3.8) is 0 Å². The number of imidazole rings is 1. The van der Waals surface area contributed by atoms with E-state index in [4.69, 9.17) is 16.3 Å². The molecule has 2 aromatic rings. The molecular formula is C16H19ClN6O4. The van der Waals surface area contributed by atoms with Gasteiger partial charge in [-0.3, -0.25) is 9.36 Å². The highest BCUT2D eigenvalue weighted by Crippen LogP contribution is 2.34. The molecule has 3 fully saturated rings. The number of carbonyl (C=O) groups is 1. The molecule has 2 aromatic heterocycles. The van der Waals surface area contributed by atoms with Crippen LogP contribution in [0.2, 0.25) is 5.28 Å². The summed E-state index contributed by atoms with van der Waals surface area (Å²) in [5.74, 6) is 0.0852. The van der Waals surface area contributed by atoms with Gasteiger partial charge in [-0.05, 0) is 37.3 Å². The number of nitrogens with zero attached hydrogens (tertiary/aromatic N) is 4. The Morgan fingerprint density at radius 1 is 1.19 bits per heavy atom. The Morgan fingerprint density at radius 2 is 1.93 bits per heavy atom. The number of aliphatic hydroxyl groups excluding tert-OH is 2. The van der Waals surface area contributed by atoms with Crippen molar-refractivity contribution in [3.05, 3.63) is 11.6 Å². The summed E-state index contributed by atoms with van der Waals surface area (Å²) >= 11 is 6.05. The number of hydrogen-bond acceptors (Lipinski definition) is 8. The number of halogens is 1. The molecule has 3 aliphatic rings. The first-order chi connectivity index (χ1) is 13.0. The van der Waals surface area contributed by atoms with Gasteiger partial charge in [0.05, 0.1) is 6.33 Å². The van der Waals surface area contributed by atoms with Crippen LogP contribution in [0.1, 0.15) is 31.9 Å². The van der Waals surface area contributed by atoms with Gasteiger partial charge in [0.2, 0.25) is 5.28 Å². The minimum absolute atomic E-state index is 0.0310. The van der Waals surface area contributed by atoms with Crippen molar-refractivity contribution in [2.45, 2.75) is 62.3 Å². The van der Waals surface area contributed by atoms with Crippen LogP contribution in [0.15, 0.2) is 6.33 Å². The Kier molecular flexibility index (Phi) is 3.97. The van der Waals surface area contributed by atoms with Crippen LogP contribution in [0.3, 0.4) is 0 Å². The number of amides is 1. The molecule has 0 aromatic carbocycles. The highest BCUT2D eigenvalue weighted by Gasteiger charge is 2.48. The second-order valence-electron chi connectivity index (χ2n) is 7.30. The molecule has 2 saturated carbocycles. The second-order valence-corrected chi connectivity index (χ2v) is 7.63. The highest BCUT2D eigenvalue weighted by molar-refractivity contribution is 6.28. The van der Waals surface area contributed by atoms with Crippen LogP contribution >= 0.6 is 11.6 Å². The molecule has 3 heterocycles. The third kappa shape index (κ3) is 3.12. The van der Waals surface area contributed by atoms with Gasteiger partial charge in [-0.2, -0.15) is 9.97 Å². The van der Waals surface area contributed by atoms with E-state index in [-0.39, 0.29) is 11.3 Å². The fourth-order valence-electron chi connectivity index (χ4n) is 3.21. The van der Waals surface area contributed by atoms with Gasteiger partial charge >= 0.3 is 0 Å². The third-order valence-electron chi connectivity index (χ3n) is 5.01. The van der Waals surface area contributed by atoms with Crippen molar-refractivity contribution in [3.8, 4) is 0 Å². The Balaban J connectivity index is 1.45. The minimum Gasteiger partial charge on any atom is -0.387 e. The van der Waals surface area contributed by atoms with Crippen molar-refractivity contribution >= 4 is 34.5 Å². The lowest BCUT2D eigenvalue weighted by Crippen LogP contribution is -2.43. The number of nitrogens with one attached hydrogen (secondary N) is 2. The molecule has 144 valence electrons. The van der Waals surface area contributed by atoms with Crippen molar-refractivity contribution in [2.75, 3.05) is 5.32 Å². The lowest BCUT2D eigenvalue weighted by Gasteiger charge is -2.16. The largest absolute Gasteiger partial charge is 0.387 e. The SMILES string of the molecule is O=C(NC1CC1)[C@H]1O[C@@H](n2cnc3c(NC4CC4)nc(Cl)nc32)[C@H](O)[C@@H]1O. The molecule has 4 atom stereocenters. The number of rotatable bonds is 5. The fourth-order valence-corrected chi connectivity index (χ4v) is 3.38. The van der Waals surface area contributed by atoms with Gasteiger partial charge in [-0.25, -0.2) is 4.98 Å². The Morgan fingerprint density at radius 3 is 2.63 bits per heavy atom. The summed E-state index contributed by atoms with van der Waals surface area (Å²) in [7, 11) is 0. The average Bonchev–Trinajstić information content (AvgIpc) is 3.54.